The first-order chi connectivity index (χ1) is 5.52. The summed E-state index contributed by atoms with van der Waals surface area (Å²) >= 11 is 0. The van der Waals surface area contributed by atoms with Gasteiger partial charge in [-0.25, -0.2) is 4.98 Å². The molecule has 0 aliphatic rings. The van der Waals surface area contributed by atoms with E-state index in [9.17, 15) is 10.1 Å². The van der Waals surface area contributed by atoms with Crippen molar-refractivity contribution >= 4 is 23.0 Å². The van der Waals surface area contributed by atoms with Crippen molar-refractivity contribution in [2.75, 3.05) is 17.2 Å². The Kier molecular flexibility index (Phi) is 1.70. The molecule has 0 fully saturated rings. The van der Waals surface area contributed by atoms with Crippen LogP contribution in [-0.2, 0) is 0 Å². The van der Waals surface area contributed by atoms with Crippen molar-refractivity contribution in [2.45, 2.75) is 0 Å². The second-order valence-electron chi connectivity index (χ2n) is 2.13. The first-order valence-electron chi connectivity index (χ1n) is 2.98. The molecule has 7 nitrogen and oxygen atoms in total. The first-order valence-corrected chi connectivity index (χ1v) is 2.98. The fourth-order valence-electron chi connectivity index (χ4n) is 0.799. The van der Waals surface area contributed by atoms with E-state index >= 15 is 0 Å². The van der Waals surface area contributed by atoms with E-state index in [4.69, 9.17) is 17.2 Å². The number of nitrogen functional groups attached to an aromatic ring is 3. The molecule has 0 spiro atoms. The number of anilines is 3. The van der Waals surface area contributed by atoms with Crippen molar-refractivity contribution in [3.8, 4) is 0 Å². The van der Waals surface area contributed by atoms with Gasteiger partial charge in [0.25, 0.3) is 0 Å². The van der Waals surface area contributed by atoms with E-state index in [0.717, 1.165) is 0 Å². The van der Waals surface area contributed by atoms with Gasteiger partial charge in [0.05, 0.1) is 4.92 Å². The Labute approximate surface area is 67.3 Å². The van der Waals surface area contributed by atoms with E-state index in [2.05, 4.69) is 4.98 Å². The summed E-state index contributed by atoms with van der Waals surface area (Å²) in [6.45, 7) is 0. The van der Waals surface area contributed by atoms with Crippen LogP contribution in [0, 0.1) is 10.1 Å². The summed E-state index contributed by atoms with van der Waals surface area (Å²) in [4.78, 5) is 13.1. The van der Waals surface area contributed by atoms with Crippen molar-refractivity contribution < 1.29 is 4.92 Å². The second-order valence-corrected chi connectivity index (χ2v) is 2.13. The molecule has 1 aromatic heterocycles. The van der Waals surface area contributed by atoms with Crippen molar-refractivity contribution in [1.82, 2.24) is 4.98 Å². The third-order valence-corrected chi connectivity index (χ3v) is 1.25. The van der Waals surface area contributed by atoms with Crippen LogP contribution in [0.15, 0.2) is 6.07 Å². The van der Waals surface area contributed by atoms with Gasteiger partial charge in [0.2, 0.25) is 5.82 Å². The van der Waals surface area contributed by atoms with Crippen LogP contribution in [0.4, 0.5) is 23.0 Å². The molecule has 0 aliphatic carbocycles. The van der Waals surface area contributed by atoms with E-state index in [-0.39, 0.29) is 17.3 Å². The predicted molar refractivity (Wildman–Crippen MR) is 44.1 cm³/mol. The summed E-state index contributed by atoms with van der Waals surface area (Å²) in [7, 11) is 0. The average molecular weight is 169 g/mol. The molecule has 0 saturated carbocycles. The number of nitrogens with zero attached hydrogens (tertiary/aromatic N) is 2. The quantitative estimate of drug-likeness (QED) is 0.391. The van der Waals surface area contributed by atoms with E-state index in [1.54, 1.807) is 0 Å². The summed E-state index contributed by atoms with van der Waals surface area (Å²) in [5.41, 5.74) is 15.2. The number of nitrogens with two attached hydrogens (primary N) is 3. The van der Waals surface area contributed by atoms with Crippen LogP contribution >= 0.6 is 0 Å². The molecular weight excluding hydrogens is 162 g/mol. The number of hydrogen-bond acceptors (Lipinski definition) is 6. The van der Waals surface area contributed by atoms with E-state index in [0.29, 0.717) is 0 Å². The molecule has 6 N–H and O–H groups in total. The zero-order chi connectivity index (χ0) is 9.30. The van der Waals surface area contributed by atoms with Gasteiger partial charge < -0.3 is 17.2 Å². The Bertz CT molecular complexity index is 314. The van der Waals surface area contributed by atoms with Gasteiger partial charge in [0.15, 0.2) is 0 Å². The minimum Gasteiger partial charge on any atom is -0.393 e. The van der Waals surface area contributed by atoms with Gasteiger partial charge in [-0.1, -0.05) is 0 Å². The summed E-state index contributed by atoms with van der Waals surface area (Å²) in [6.07, 6.45) is 0. The monoisotopic (exact) mass is 169 g/mol. The van der Waals surface area contributed by atoms with Gasteiger partial charge in [0.1, 0.15) is 11.5 Å². The average Bonchev–Trinajstić information content (AvgIpc) is 1.82. The number of hydrogen-bond donors (Lipinski definition) is 3. The lowest BCUT2D eigenvalue weighted by atomic mass is 10.3. The third kappa shape index (κ3) is 1.19. The lowest BCUT2D eigenvalue weighted by Gasteiger charge is -2.00. The SMILES string of the molecule is Nc1cc(N)c([N+](=O)[O-])c(N)n1. The molecule has 7 heteroatoms. The molecule has 0 aromatic carbocycles. The molecule has 1 rings (SSSR count). The van der Waals surface area contributed by atoms with Crippen LogP contribution in [0.2, 0.25) is 0 Å². The maximum absolute atomic E-state index is 10.3. The van der Waals surface area contributed by atoms with Crippen molar-refractivity contribution in [3.05, 3.63) is 16.2 Å². The number of aromatic nitrogens is 1. The Hall–Kier alpha value is -2.05. The number of rotatable bonds is 1. The minimum absolute atomic E-state index is 0.0654. The molecule has 12 heavy (non-hydrogen) atoms. The maximum atomic E-state index is 10.3. The molecule has 0 unspecified atom stereocenters. The van der Waals surface area contributed by atoms with Crippen molar-refractivity contribution in [2.24, 2.45) is 0 Å². The second kappa shape index (κ2) is 2.53. The normalized spacial score (nSPS) is 9.67. The molecule has 64 valence electrons. The Balaban J connectivity index is 3.38. The van der Waals surface area contributed by atoms with Gasteiger partial charge in [0, 0.05) is 6.07 Å². The summed E-state index contributed by atoms with van der Waals surface area (Å²) in [5, 5.41) is 10.3. The highest BCUT2D eigenvalue weighted by Gasteiger charge is 2.17. The summed E-state index contributed by atoms with van der Waals surface area (Å²) < 4.78 is 0. The molecule has 0 bridgehead atoms. The molecule has 1 aromatic rings. The van der Waals surface area contributed by atoms with E-state index < -0.39 is 10.6 Å². The predicted octanol–water partition coefficient (Wildman–Crippen LogP) is -0.264. The fourth-order valence-corrected chi connectivity index (χ4v) is 0.799. The van der Waals surface area contributed by atoms with Gasteiger partial charge in [-0.15, -0.1) is 0 Å². The van der Waals surface area contributed by atoms with Crippen LogP contribution in [0.1, 0.15) is 0 Å². The lowest BCUT2D eigenvalue weighted by Crippen LogP contribution is -2.04. The van der Waals surface area contributed by atoms with E-state index in [1.165, 1.54) is 6.07 Å². The van der Waals surface area contributed by atoms with Gasteiger partial charge >= 0.3 is 5.69 Å². The molecule has 1 heterocycles. The van der Waals surface area contributed by atoms with E-state index in [1.807, 2.05) is 0 Å². The Morgan fingerprint density at radius 3 is 2.42 bits per heavy atom. The highest BCUT2D eigenvalue weighted by molar-refractivity contribution is 5.72. The maximum Gasteiger partial charge on any atom is 0.333 e. The molecular formula is C5H7N5O2. The van der Waals surface area contributed by atoms with Crippen molar-refractivity contribution in [3.63, 3.8) is 0 Å². The zero-order valence-electron chi connectivity index (χ0n) is 6.02. The number of nitro groups is 1. The van der Waals surface area contributed by atoms with Gasteiger partial charge in [-0.2, -0.15) is 0 Å². The standard InChI is InChI=1S/C5H7N5O2/c6-2-1-3(7)9-5(8)4(2)10(11)12/h1H,(H6,6,7,8,9). The van der Waals surface area contributed by atoms with Gasteiger partial charge in [-0.05, 0) is 0 Å². The molecule has 0 aliphatic heterocycles. The van der Waals surface area contributed by atoms with Crippen LogP contribution in [0.25, 0.3) is 0 Å². The molecule has 0 radical (unpaired) electrons. The number of pyridine rings is 1. The van der Waals surface area contributed by atoms with Gasteiger partial charge in [-0.3, -0.25) is 10.1 Å². The highest BCUT2D eigenvalue weighted by Crippen LogP contribution is 2.27. The molecule has 0 saturated heterocycles. The largest absolute Gasteiger partial charge is 0.393 e. The van der Waals surface area contributed by atoms with Crippen LogP contribution in [0.3, 0.4) is 0 Å². The van der Waals surface area contributed by atoms with Crippen LogP contribution < -0.4 is 17.2 Å². The zero-order valence-corrected chi connectivity index (χ0v) is 6.02. The summed E-state index contributed by atoms with van der Waals surface area (Å²) in [6, 6.07) is 1.19. The lowest BCUT2D eigenvalue weighted by molar-refractivity contribution is -0.383. The first kappa shape index (κ1) is 8.05. The third-order valence-electron chi connectivity index (χ3n) is 1.25. The summed E-state index contributed by atoms with van der Waals surface area (Å²) in [5.74, 6) is -0.201. The molecule has 0 atom stereocenters. The highest BCUT2D eigenvalue weighted by atomic mass is 16.6. The Morgan fingerprint density at radius 1 is 1.42 bits per heavy atom. The smallest absolute Gasteiger partial charge is 0.333 e. The Morgan fingerprint density at radius 2 is 2.00 bits per heavy atom. The molecule has 0 amide bonds. The van der Waals surface area contributed by atoms with Crippen LogP contribution in [0.5, 0.6) is 0 Å². The topological polar surface area (TPSA) is 134 Å². The minimum atomic E-state index is -0.697. The van der Waals surface area contributed by atoms with Crippen molar-refractivity contribution in [1.29, 1.82) is 0 Å². The van der Waals surface area contributed by atoms with Crippen LogP contribution in [-0.4, -0.2) is 9.91 Å². The fraction of sp³-hybridized carbons (Fsp3) is 0.